The molecule has 0 unspecified atom stereocenters. The average Bonchev–Trinajstić information content (AvgIpc) is 1.95. The van der Waals surface area contributed by atoms with Gasteiger partial charge in [-0.2, -0.15) is 4.90 Å². The van der Waals surface area contributed by atoms with Crippen molar-refractivity contribution >= 4 is 76.1 Å². The van der Waals surface area contributed by atoms with E-state index < -0.39 is 0 Å². The number of rotatable bonds is 2. The van der Waals surface area contributed by atoms with Gasteiger partial charge >= 0.3 is 73.8 Å². The molecule has 0 amide bonds. The summed E-state index contributed by atoms with van der Waals surface area (Å²) in [7, 11) is 0. The van der Waals surface area contributed by atoms with Gasteiger partial charge in [0.25, 0.3) is 0 Å². The van der Waals surface area contributed by atoms with E-state index in [0.29, 0.717) is 0 Å². The second-order valence-electron chi connectivity index (χ2n) is 1.62. The summed E-state index contributed by atoms with van der Waals surface area (Å²) in [5.74, 6) is 0. The molecule has 0 aromatic heterocycles. The van der Waals surface area contributed by atoms with Crippen LogP contribution in [0.25, 0.3) is 0 Å². The molecule has 1 radical (unpaired) electrons. The first-order chi connectivity index (χ1) is 4.83. The molecule has 2 nitrogen and oxygen atoms in total. The molecular weight excluding hydrogens is 443 g/mol. The third-order valence-corrected chi connectivity index (χ3v) is 1.76. The van der Waals surface area contributed by atoms with E-state index in [-0.39, 0.29) is 125 Å². The summed E-state index contributed by atoms with van der Waals surface area (Å²) in [5.41, 5.74) is 0. The van der Waals surface area contributed by atoms with Crippen molar-refractivity contribution in [3.63, 3.8) is 0 Å². The molecule has 13 heavy (non-hydrogen) atoms. The smallest absolute Gasteiger partial charge is 0.780 e. The van der Waals surface area contributed by atoms with Crippen LogP contribution in [0.1, 0.15) is 0 Å². The molecule has 65 valence electrons. The first kappa shape index (κ1) is 22.0. The maximum atomic E-state index is 9.62. The topological polar surface area (TPSA) is 32.3 Å². The Hall–Kier alpha value is 3.72. The van der Waals surface area contributed by atoms with Crippen LogP contribution in [-0.2, 0) is 39.3 Å². The average molecular weight is 447 g/mol. The Morgan fingerprint density at radius 2 is 1.69 bits per heavy atom. The molecule has 7 heteroatoms. The van der Waals surface area contributed by atoms with Crippen LogP contribution in [0.5, 0.6) is 0 Å². The molecule has 0 aliphatic rings. The molecule has 0 spiro atoms. The molecule has 0 aliphatic carbocycles. The van der Waals surface area contributed by atoms with Gasteiger partial charge in [0.2, 0.25) is 0 Å². The van der Waals surface area contributed by atoms with E-state index in [1.165, 1.54) is 0 Å². The van der Waals surface area contributed by atoms with Gasteiger partial charge in [0, 0.05) is 68.3 Å². The minimum absolute atomic E-state index is 0. The van der Waals surface area contributed by atoms with Gasteiger partial charge in [-0.15, -0.1) is 0 Å². The fourth-order valence-electron chi connectivity index (χ4n) is 0.534. The van der Waals surface area contributed by atoms with E-state index in [1.54, 1.807) is 24.3 Å². The molecule has 1 rings (SSSR count). The summed E-state index contributed by atoms with van der Waals surface area (Å²) >= 11 is 5.61. The third kappa shape index (κ3) is 10.6. The van der Waals surface area contributed by atoms with Crippen molar-refractivity contribution in [2.75, 3.05) is 0 Å². The molecule has 0 fully saturated rings. The monoisotopic (exact) mass is 447 g/mol. The fraction of sp³-hybridized carbons (Fsp3) is 0. The van der Waals surface area contributed by atoms with Gasteiger partial charge in [0.15, 0.2) is 0 Å². The molecule has 0 saturated carbocycles. The predicted octanol–water partition coefficient (Wildman–Crippen LogP) is -2.49. The Labute approximate surface area is 188 Å². The molecule has 0 saturated heterocycles. The van der Waals surface area contributed by atoms with E-state index in [0.717, 1.165) is 21.8 Å². The zero-order valence-electron chi connectivity index (χ0n) is 7.24. The van der Waals surface area contributed by atoms with E-state index in [2.05, 4.69) is 4.33 Å². The molecule has 1 aromatic rings. The van der Waals surface area contributed by atoms with Crippen molar-refractivity contribution in [1.82, 2.24) is 0 Å². The van der Waals surface area contributed by atoms with E-state index in [4.69, 9.17) is 12.6 Å². The maximum Gasteiger partial charge on any atom is 1.00 e. The van der Waals surface area contributed by atoms with Crippen LogP contribution in [0.15, 0.2) is 34.1 Å². The van der Waals surface area contributed by atoms with Crippen LogP contribution in [-0.4, -0.2) is 51.4 Å². The zero-order chi connectivity index (χ0) is 7.40. The Bertz CT molecular complexity index is 210. The Morgan fingerprint density at radius 3 is 2.08 bits per heavy atom. The van der Waals surface area contributed by atoms with Gasteiger partial charge in [0.1, 0.15) is 0 Å². The predicted molar refractivity (Wildman–Crippen MR) is 44.8 cm³/mol. The summed E-state index contributed by atoms with van der Waals surface area (Å²) in [5, 5.41) is 9.62. The van der Waals surface area contributed by atoms with Crippen LogP contribution in [0.3, 0.4) is 0 Å². The van der Waals surface area contributed by atoms with E-state index >= 15 is 0 Å². The number of hydrogen-bond donors (Lipinski definition) is 0. The van der Waals surface area contributed by atoms with Gasteiger partial charge in [-0.25, -0.2) is 0 Å². The molecule has 0 atom stereocenters. The summed E-state index contributed by atoms with van der Waals surface area (Å²) in [6.45, 7) is 0. The minimum atomic E-state index is 0. The maximum absolute atomic E-state index is 9.62. The molecule has 0 aliphatic heterocycles. The van der Waals surface area contributed by atoms with Crippen molar-refractivity contribution in [1.29, 1.82) is 0 Å². The Morgan fingerprint density at radius 1 is 1.23 bits per heavy atom. The standard InChI is InChI=1S/C6H6O2S2.Au.2K/c7-8-10-6-3-1-5(9)2-4-6;;;/h1-4,7,9H;;;/q;+1;;+1/p-2. The fourth-order valence-corrected chi connectivity index (χ4v) is 0.996. The van der Waals surface area contributed by atoms with E-state index in [9.17, 15) is 5.26 Å². The van der Waals surface area contributed by atoms with Crippen LogP contribution < -0.4 is 56.6 Å². The van der Waals surface area contributed by atoms with Gasteiger partial charge in [-0.1, -0.05) is 12.1 Å². The van der Waals surface area contributed by atoms with E-state index in [1.807, 2.05) is 0 Å². The van der Waals surface area contributed by atoms with Crippen LogP contribution in [0, 0.1) is 0 Å². The Kier molecular flexibility index (Phi) is 23.3. The van der Waals surface area contributed by atoms with Gasteiger partial charge < -0.3 is 22.2 Å². The van der Waals surface area contributed by atoms with Crippen molar-refractivity contribution < 1.29 is 83.4 Å². The van der Waals surface area contributed by atoms with Gasteiger partial charge in [0.05, 0.1) is 0 Å². The number of hydrogen-bond acceptors (Lipinski definition) is 4. The normalized spacial score (nSPS) is 7.46. The molecule has 0 bridgehead atoms. The van der Waals surface area contributed by atoms with Gasteiger partial charge in [-0.05, 0) is 12.1 Å². The van der Waals surface area contributed by atoms with Crippen molar-refractivity contribution in [3.8, 4) is 0 Å². The largest absolute Gasteiger partial charge is 1.00 e. The zero-order valence-corrected chi connectivity index (χ0v) is 17.3. The van der Waals surface area contributed by atoms with Crippen molar-refractivity contribution in [2.24, 2.45) is 0 Å². The third-order valence-electron chi connectivity index (χ3n) is 0.954. The van der Waals surface area contributed by atoms with Crippen LogP contribution in [0.2, 0.25) is 0 Å². The Balaban J connectivity index is -0.000000333. The first-order valence-electron chi connectivity index (χ1n) is 2.56. The molecule has 0 heterocycles. The quantitative estimate of drug-likeness (QED) is 0.165. The summed E-state index contributed by atoms with van der Waals surface area (Å²) in [6, 6.07) is 6.98. The second-order valence-corrected chi connectivity index (χ2v) is 2.87. The van der Waals surface area contributed by atoms with Crippen molar-refractivity contribution in [2.45, 2.75) is 9.79 Å². The SMILES string of the molecule is [Au+].[K+].[K].[O-]OSc1ccc([S-])cc1. The second kappa shape index (κ2) is 13.8. The van der Waals surface area contributed by atoms with Gasteiger partial charge in [-0.3, -0.25) is 0 Å². The molecular formula is C6H4AuK2O2S2. The minimum Gasteiger partial charge on any atom is -0.780 e. The molecule has 0 N–H and O–H groups in total. The van der Waals surface area contributed by atoms with Crippen molar-refractivity contribution in [3.05, 3.63) is 24.3 Å². The van der Waals surface area contributed by atoms with Crippen LogP contribution >= 0.6 is 12.0 Å². The summed E-state index contributed by atoms with van der Waals surface area (Å²) in [6.07, 6.45) is 0. The van der Waals surface area contributed by atoms with Crippen LogP contribution in [0.4, 0.5) is 0 Å². The first-order valence-corrected chi connectivity index (χ1v) is 3.71. The summed E-state index contributed by atoms with van der Waals surface area (Å²) in [4.78, 5) is 1.53. The summed E-state index contributed by atoms with van der Waals surface area (Å²) < 4.78 is 3.60. The number of benzene rings is 1. The molecule has 1 aromatic carbocycles.